The summed E-state index contributed by atoms with van der Waals surface area (Å²) in [6.45, 7) is 0. The molecule has 2 aromatic rings. The van der Waals surface area contributed by atoms with Gasteiger partial charge in [-0.3, -0.25) is 0 Å². The number of aromatic amines is 1. The van der Waals surface area contributed by atoms with Crippen LogP contribution in [0.1, 0.15) is 5.69 Å². The zero-order chi connectivity index (χ0) is 10.7. The van der Waals surface area contributed by atoms with Gasteiger partial charge in [-0.2, -0.15) is 5.26 Å². The highest BCUT2D eigenvalue weighted by Gasteiger charge is 2.03. The number of nitrogens with one attached hydrogen (secondary N) is 1. The van der Waals surface area contributed by atoms with Gasteiger partial charge in [-0.25, -0.2) is 4.98 Å². The first-order valence-corrected chi connectivity index (χ1v) is 4.43. The average Bonchev–Trinajstić information content (AvgIpc) is 2.78. The van der Waals surface area contributed by atoms with Gasteiger partial charge in [0.25, 0.3) is 0 Å². The van der Waals surface area contributed by atoms with Crippen LogP contribution in [0.25, 0.3) is 11.4 Å². The molecule has 1 aromatic carbocycles. The second-order valence-electron chi connectivity index (χ2n) is 2.99. The van der Waals surface area contributed by atoms with E-state index in [4.69, 9.17) is 10.00 Å². The normalized spacial score (nSPS) is 9.60. The fourth-order valence-electron chi connectivity index (χ4n) is 1.30. The number of benzene rings is 1. The molecule has 0 aliphatic carbocycles. The maximum Gasteiger partial charge on any atom is 0.138 e. The summed E-state index contributed by atoms with van der Waals surface area (Å²) in [5, 5.41) is 8.65. The number of H-pyrrole nitrogens is 1. The van der Waals surface area contributed by atoms with Crippen LogP contribution in [0, 0.1) is 11.3 Å². The molecule has 0 atom stereocenters. The molecule has 0 amide bonds. The van der Waals surface area contributed by atoms with Crippen molar-refractivity contribution in [2.75, 3.05) is 7.11 Å². The minimum atomic E-state index is 0.452. The summed E-state index contributed by atoms with van der Waals surface area (Å²) in [6.07, 6.45) is 1.51. The number of aromatic nitrogens is 2. The summed E-state index contributed by atoms with van der Waals surface area (Å²) in [6, 6.07) is 9.50. The van der Waals surface area contributed by atoms with Gasteiger partial charge in [0.05, 0.1) is 13.3 Å². The SMILES string of the molecule is COc1cccc(-c2ncc(C#N)[nH]2)c1. The van der Waals surface area contributed by atoms with E-state index in [2.05, 4.69) is 9.97 Å². The van der Waals surface area contributed by atoms with E-state index in [0.29, 0.717) is 11.5 Å². The third kappa shape index (κ3) is 1.81. The number of nitriles is 1. The smallest absolute Gasteiger partial charge is 0.138 e. The molecule has 1 N–H and O–H groups in total. The lowest BCUT2D eigenvalue weighted by atomic mass is 10.2. The molecule has 0 aliphatic rings. The first-order chi connectivity index (χ1) is 7.33. The number of rotatable bonds is 2. The van der Waals surface area contributed by atoms with Gasteiger partial charge in [-0.05, 0) is 12.1 Å². The lowest BCUT2D eigenvalue weighted by molar-refractivity contribution is 0.415. The van der Waals surface area contributed by atoms with E-state index >= 15 is 0 Å². The maximum absolute atomic E-state index is 8.65. The number of imidazole rings is 1. The van der Waals surface area contributed by atoms with Crippen molar-refractivity contribution >= 4 is 0 Å². The van der Waals surface area contributed by atoms with Crippen LogP contribution < -0.4 is 4.74 Å². The summed E-state index contributed by atoms with van der Waals surface area (Å²) in [5.74, 6) is 1.44. The largest absolute Gasteiger partial charge is 0.497 e. The quantitative estimate of drug-likeness (QED) is 0.804. The Hall–Kier alpha value is -2.28. The molecule has 2 rings (SSSR count). The molecule has 0 fully saturated rings. The summed E-state index contributed by atoms with van der Waals surface area (Å²) in [7, 11) is 1.61. The third-order valence-corrected chi connectivity index (χ3v) is 2.04. The summed E-state index contributed by atoms with van der Waals surface area (Å²) in [5.41, 5.74) is 1.35. The highest BCUT2D eigenvalue weighted by molar-refractivity contribution is 5.58. The van der Waals surface area contributed by atoms with Crippen molar-refractivity contribution in [3.63, 3.8) is 0 Å². The van der Waals surface area contributed by atoms with Crippen molar-refractivity contribution in [1.82, 2.24) is 9.97 Å². The fraction of sp³-hybridized carbons (Fsp3) is 0.0909. The molecule has 4 heteroatoms. The molecule has 0 radical (unpaired) electrons. The van der Waals surface area contributed by atoms with Crippen molar-refractivity contribution in [1.29, 1.82) is 5.26 Å². The topological polar surface area (TPSA) is 61.7 Å². The van der Waals surface area contributed by atoms with Gasteiger partial charge in [-0.1, -0.05) is 12.1 Å². The number of hydrogen-bond acceptors (Lipinski definition) is 3. The van der Waals surface area contributed by atoms with E-state index in [1.807, 2.05) is 30.3 Å². The highest BCUT2D eigenvalue weighted by Crippen LogP contribution is 2.20. The Morgan fingerprint density at radius 1 is 1.47 bits per heavy atom. The molecule has 0 aliphatic heterocycles. The highest BCUT2D eigenvalue weighted by atomic mass is 16.5. The lowest BCUT2D eigenvalue weighted by Crippen LogP contribution is -1.85. The first kappa shape index (κ1) is 9.28. The Morgan fingerprint density at radius 3 is 3.00 bits per heavy atom. The Morgan fingerprint density at radius 2 is 2.33 bits per heavy atom. The van der Waals surface area contributed by atoms with Crippen LogP contribution in [-0.4, -0.2) is 17.1 Å². The van der Waals surface area contributed by atoms with Crippen molar-refractivity contribution in [2.24, 2.45) is 0 Å². The molecule has 15 heavy (non-hydrogen) atoms. The molecule has 74 valence electrons. The van der Waals surface area contributed by atoms with E-state index in [1.165, 1.54) is 6.20 Å². The summed E-state index contributed by atoms with van der Waals surface area (Å²) in [4.78, 5) is 7.00. The van der Waals surface area contributed by atoms with Crippen LogP contribution >= 0.6 is 0 Å². The van der Waals surface area contributed by atoms with Crippen LogP contribution in [-0.2, 0) is 0 Å². The van der Waals surface area contributed by atoms with Gasteiger partial charge in [0.1, 0.15) is 23.3 Å². The zero-order valence-corrected chi connectivity index (χ0v) is 8.19. The van der Waals surface area contributed by atoms with Gasteiger partial charge in [0.2, 0.25) is 0 Å². The minimum Gasteiger partial charge on any atom is -0.497 e. The van der Waals surface area contributed by atoms with Gasteiger partial charge in [-0.15, -0.1) is 0 Å². The number of ether oxygens (including phenoxy) is 1. The Bertz CT molecular complexity index is 511. The van der Waals surface area contributed by atoms with Crippen LogP contribution in [0.3, 0.4) is 0 Å². The maximum atomic E-state index is 8.65. The minimum absolute atomic E-state index is 0.452. The lowest BCUT2D eigenvalue weighted by Gasteiger charge is -2.01. The van der Waals surface area contributed by atoms with Gasteiger partial charge >= 0.3 is 0 Å². The molecule has 0 saturated heterocycles. The molecule has 0 saturated carbocycles. The molecule has 4 nitrogen and oxygen atoms in total. The van der Waals surface area contributed by atoms with Crippen molar-refractivity contribution < 1.29 is 4.74 Å². The average molecular weight is 199 g/mol. The standard InChI is InChI=1S/C11H9N3O/c1-15-10-4-2-3-8(5-10)11-13-7-9(6-12)14-11/h2-5,7H,1H3,(H,13,14). The molecular formula is C11H9N3O. The van der Waals surface area contributed by atoms with Gasteiger partial charge in [0.15, 0.2) is 0 Å². The second-order valence-corrected chi connectivity index (χ2v) is 2.99. The fourth-order valence-corrected chi connectivity index (χ4v) is 1.30. The third-order valence-electron chi connectivity index (χ3n) is 2.04. The van der Waals surface area contributed by atoms with Gasteiger partial charge in [0, 0.05) is 5.56 Å². The van der Waals surface area contributed by atoms with E-state index < -0.39 is 0 Å². The van der Waals surface area contributed by atoms with Crippen LogP contribution in [0.2, 0.25) is 0 Å². The van der Waals surface area contributed by atoms with Crippen LogP contribution in [0.4, 0.5) is 0 Å². The van der Waals surface area contributed by atoms with Crippen molar-refractivity contribution in [3.8, 4) is 23.2 Å². The molecule has 1 aromatic heterocycles. The molecule has 0 unspecified atom stereocenters. The predicted molar refractivity (Wildman–Crippen MR) is 55.3 cm³/mol. The van der Waals surface area contributed by atoms with E-state index in [9.17, 15) is 0 Å². The first-order valence-electron chi connectivity index (χ1n) is 4.43. The predicted octanol–water partition coefficient (Wildman–Crippen LogP) is 1.96. The number of nitrogens with zero attached hydrogens (tertiary/aromatic N) is 2. The molecule has 1 heterocycles. The molecule has 0 bridgehead atoms. The monoisotopic (exact) mass is 199 g/mol. The Balaban J connectivity index is 2.41. The summed E-state index contributed by atoms with van der Waals surface area (Å²) >= 11 is 0. The van der Waals surface area contributed by atoms with E-state index in [-0.39, 0.29) is 0 Å². The number of hydrogen-bond donors (Lipinski definition) is 1. The van der Waals surface area contributed by atoms with Crippen molar-refractivity contribution in [3.05, 3.63) is 36.2 Å². The zero-order valence-electron chi connectivity index (χ0n) is 8.19. The van der Waals surface area contributed by atoms with E-state index in [0.717, 1.165) is 11.3 Å². The Labute approximate surface area is 87.2 Å². The van der Waals surface area contributed by atoms with E-state index in [1.54, 1.807) is 7.11 Å². The van der Waals surface area contributed by atoms with Crippen LogP contribution in [0.15, 0.2) is 30.5 Å². The Kier molecular flexibility index (Phi) is 2.38. The van der Waals surface area contributed by atoms with Crippen molar-refractivity contribution in [2.45, 2.75) is 0 Å². The summed E-state index contributed by atoms with van der Waals surface area (Å²) < 4.78 is 5.10. The number of methoxy groups -OCH3 is 1. The molecule has 0 spiro atoms. The molecular weight excluding hydrogens is 190 g/mol. The second kappa shape index (κ2) is 3.84. The van der Waals surface area contributed by atoms with Gasteiger partial charge < -0.3 is 9.72 Å². The van der Waals surface area contributed by atoms with Crippen LogP contribution in [0.5, 0.6) is 5.75 Å².